The maximum atomic E-state index is 12.3. The van der Waals surface area contributed by atoms with E-state index in [0.717, 1.165) is 16.2 Å². The van der Waals surface area contributed by atoms with E-state index in [9.17, 15) is 10.0 Å². The summed E-state index contributed by atoms with van der Waals surface area (Å²) in [5.41, 5.74) is 2.03. The van der Waals surface area contributed by atoms with Crippen molar-refractivity contribution < 1.29 is 10.0 Å². The van der Waals surface area contributed by atoms with Gasteiger partial charge in [-0.25, -0.2) is 5.06 Å². The van der Waals surface area contributed by atoms with Crippen molar-refractivity contribution >= 4 is 5.91 Å². The van der Waals surface area contributed by atoms with Crippen LogP contribution in [0.4, 0.5) is 0 Å². The zero-order valence-corrected chi connectivity index (χ0v) is 12.3. The first-order valence-electron chi connectivity index (χ1n) is 7.52. The van der Waals surface area contributed by atoms with Crippen LogP contribution in [0.5, 0.6) is 0 Å². The van der Waals surface area contributed by atoms with Gasteiger partial charge in [-0.1, -0.05) is 72.8 Å². The second-order valence-corrected chi connectivity index (χ2v) is 5.57. The van der Waals surface area contributed by atoms with Gasteiger partial charge in [0, 0.05) is 5.92 Å². The van der Waals surface area contributed by atoms with Crippen LogP contribution in [-0.2, 0) is 11.2 Å². The number of carbonyl (C=O) groups excluding carboxylic acids is 1. The summed E-state index contributed by atoms with van der Waals surface area (Å²) in [4.78, 5) is 12.3. The second-order valence-electron chi connectivity index (χ2n) is 5.57. The first-order chi connectivity index (χ1) is 10.8. The van der Waals surface area contributed by atoms with E-state index in [4.69, 9.17) is 0 Å². The number of hydroxylamine groups is 2. The van der Waals surface area contributed by atoms with Crippen LogP contribution in [0.3, 0.4) is 0 Å². The Bertz CT molecular complexity index is 652. The molecule has 0 unspecified atom stereocenters. The average Bonchev–Trinajstić information content (AvgIpc) is 3.05. The molecule has 3 heteroatoms. The fraction of sp³-hybridized carbons (Fsp3) is 0.211. The lowest BCUT2D eigenvalue weighted by Gasteiger charge is -2.28. The van der Waals surface area contributed by atoms with Crippen LogP contribution < -0.4 is 0 Å². The molecular weight excluding hydrogens is 274 g/mol. The third kappa shape index (κ3) is 3.10. The normalized spacial score (nSPS) is 20.0. The van der Waals surface area contributed by atoms with Crippen molar-refractivity contribution in [3.63, 3.8) is 0 Å². The fourth-order valence-electron chi connectivity index (χ4n) is 2.94. The summed E-state index contributed by atoms with van der Waals surface area (Å²) in [5, 5.41) is 11.3. The van der Waals surface area contributed by atoms with Crippen molar-refractivity contribution in [3.05, 3.63) is 83.9 Å². The van der Waals surface area contributed by atoms with Crippen LogP contribution >= 0.6 is 0 Å². The largest absolute Gasteiger partial charge is 0.286 e. The molecule has 1 aliphatic carbocycles. The van der Waals surface area contributed by atoms with Gasteiger partial charge in [0.15, 0.2) is 0 Å². The molecule has 3 rings (SSSR count). The molecule has 1 N–H and O–H groups in total. The van der Waals surface area contributed by atoms with Crippen LogP contribution in [0, 0.1) is 0 Å². The van der Waals surface area contributed by atoms with Crippen LogP contribution in [0.15, 0.2) is 72.8 Å². The minimum Gasteiger partial charge on any atom is -0.286 e. The third-order valence-electron chi connectivity index (χ3n) is 4.09. The molecule has 0 aromatic heterocycles. The standard InChI is InChI=1S/C19H19NO2/c21-19(14-15-8-3-1-4-9-15)20(22)18-13-7-12-17(18)16-10-5-2-6-11-16/h1-12,17-18,22H,13-14H2/t17-,18+/m0/s1. The summed E-state index contributed by atoms with van der Waals surface area (Å²) in [6.07, 6.45) is 4.99. The summed E-state index contributed by atoms with van der Waals surface area (Å²) in [6, 6.07) is 19.3. The first-order valence-corrected chi connectivity index (χ1v) is 7.52. The lowest BCUT2D eigenvalue weighted by Crippen LogP contribution is -2.40. The Balaban J connectivity index is 1.71. The van der Waals surface area contributed by atoms with Gasteiger partial charge < -0.3 is 0 Å². The number of nitrogens with zero attached hydrogens (tertiary/aromatic N) is 1. The van der Waals surface area contributed by atoms with Crippen LogP contribution in [0.2, 0.25) is 0 Å². The quantitative estimate of drug-likeness (QED) is 0.532. The molecule has 2 aromatic carbocycles. The number of benzene rings is 2. The third-order valence-corrected chi connectivity index (χ3v) is 4.09. The molecule has 0 bridgehead atoms. The fourth-order valence-corrected chi connectivity index (χ4v) is 2.94. The monoisotopic (exact) mass is 293 g/mol. The summed E-state index contributed by atoms with van der Waals surface area (Å²) in [5.74, 6) is -0.216. The van der Waals surface area contributed by atoms with Gasteiger partial charge in [0.2, 0.25) is 0 Å². The number of amides is 1. The van der Waals surface area contributed by atoms with Gasteiger partial charge >= 0.3 is 0 Å². The molecule has 0 radical (unpaired) electrons. The Morgan fingerprint density at radius 3 is 2.36 bits per heavy atom. The van der Waals surface area contributed by atoms with Crippen molar-refractivity contribution in [2.75, 3.05) is 0 Å². The summed E-state index contributed by atoms with van der Waals surface area (Å²) >= 11 is 0. The summed E-state index contributed by atoms with van der Waals surface area (Å²) in [6.45, 7) is 0. The molecule has 1 aliphatic rings. The van der Waals surface area contributed by atoms with E-state index in [2.05, 4.69) is 6.08 Å². The Morgan fingerprint density at radius 2 is 1.68 bits per heavy atom. The number of hydrogen-bond donors (Lipinski definition) is 1. The van der Waals surface area contributed by atoms with Crippen molar-refractivity contribution in [2.24, 2.45) is 0 Å². The van der Waals surface area contributed by atoms with E-state index in [0.29, 0.717) is 6.42 Å². The number of rotatable bonds is 4. The lowest BCUT2D eigenvalue weighted by molar-refractivity contribution is -0.175. The smallest absolute Gasteiger partial charge is 0.250 e. The van der Waals surface area contributed by atoms with Gasteiger partial charge in [-0.3, -0.25) is 10.0 Å². The van der Waals surface area contributed by atoms with E-state index < -0.39 is 0 Å². The van der Waals surface area contributed by atoms with E-state index in [1.54, 1.807) is 0 Å². The molecule has 2 aromatic rings. The second kappa shape index (κ2) is 6.58. The minimum atomic E-state index is -0.263. The van der Waals surface area contributed by atoms with E-state index >= 15 is 0 Å². The highest BCUT2D eigenvalue weighted by Gasteiger charge is 2.31. The van der Waals surface area contributed by atoms with Crippen molar-refractivity contribution in [1.29, 1.82) is 0 Å². The zero-order chi connectivity index (χ0) is 15.4. The molecule has 0 saturated heterocycles. The lowest BCUT2D eigenvalue weighted by atomic mass is 9.94. The Labute approximate surface area is 130 Å². The van der Waals surface area contributed by atoms with Crippen molar-refractivity contribution in [3.8, 4) is 0 Å². The molecule has 1 amide bonds. The molecular formula is C19H19NO2. The van der Waals surface area contributed by atoms with E-state index in [-0.39, 0.29) is 24.3 Å². The van der Waals surface area contributed by atoms with Gasteiger partial charge in [0.1, 0.15) is 0 Å². The molecule has 3 nitrogen and oxygen atoms in total. The maximum Gasteiger partial charge on any atom is 0.250 e. The van der Waals surface area contributed by atoms with Gasteiger partial charge in [0.05, 0.1) is 12.5 Å². The predicted molar refractivity (Wildman–Crippen MR) is 85.5 cm³/mol. The number of hydrogen-bond acceptors (Lipinski definition) is 2. The molecule has 0 saturated carbocycles. The van der Waals surface area contributed by atoms with Crippen LogP contribution in [-0.4, -0.2) is 22.2 Å². The summed E-state index contributed by atoms with van der Waals surface area (Å²) < 4.78 is 0. The van der Waals surface area contributed by atoms with Crippen LogP contribution in [0.1, 0.15) is 23.5 Å². The van der Waals surface area contributed by atoms with E-state index in [1.807, 2.05) is 66.7 Å². The summed E-state index contributed by atoms with van der Waals surface area (Å²) in [7, 11) is 0. The topological polar surface area (TPSA) is 40.5 Å². The first kappa shape index (κ1) is 14.5. The van der Waals surface area contributed by atoms with Gasteiger partial charge in [-0.05, 0) is 17.5 Å². The molecule has 2 atom stereocenters. The highest BCUT2D eigenvalue weighted by molar-refractivity contribution is 5.78. The highest BCUT2D eigenvalue weighted by atomic mass is 16.5. The van der Waals surface area contributed by atoms with Crippen molar-refractivity contribution in [1.82, 2.24) is 5.06 Å². The molecule has 0 spiro atoms. The molecule has 112 valence electrons. The SMILES string of the molecule is O=C(Cc1ccccc1)N(O)[C@@H]1CC=C[C@H]1c1ccccc1. The van der Waals surface area contributed by atoms with Gasteiger partial charge in [0.25, 0.3) is 5.91 Å². The highest BCUT2D eigenvalue weighted by Crippen LogP contribution is 2.32. The zero-order valence-electron chi connectivity index (χ0n) is 12.3. The molecule has 0 heterocycles. The predicted octanol–water partition coefficient (Wildman–Crippen LogP) is 3.56. The number of carbonyl (C=O) groups is 1. The Morgan fingerprint density at radius 1 is 1.05 bits per heavy atom. The van der Waals surface area contributed by atoms with Crippen molar-refractivity contribution in [2.45, 2.75) is 24.8 Å². The molecule has 22 heavy (non-hydrogen) atoms. The maximum absolute atomic E-state index is 12.3. The van der Waals surface area contributed by atoms with Crippen LogP contribution in [0.25, 0.3) is 0 Å². The average molecular weight is 293 g/mol. The molecule has 0 fully saturated rings. The minimum absolute atomic E-state index is 0.0472. The van der Waals surface area contributed by atoms with Gasteiger partial charge in [-0.2, -0.15) is 0 Å². The molecule has 0 aliphatic heterocycles. The Hall–Kier alpha value is -2.39. The Kier molecular flexibility index (Phi) is 4.35. The van der Waals surface area contributed by atoms with Gasteiger partial charge in [-0.15, -0.1) is 0 Å². The van der Waals surface area contributed by atoms with E-state index in [1.165, 1.54) is 0 Å².